The Morgan fingerprint density at radius 3 is 2.62 bits per heavy atom. The van der Waals surface area contributed by atoms with Crippen LogP contribution in [0.5, 0.6) is 0 Å². The first kappa shape index (κ1) is 18.4. The summed E-state index contributed by atoms with van der Waals surface area (Å²) in [6.45, 7) is 0.104. The van der Waals surface area contributed by atoms with Gasteiger partial charge in [0.1, 0.15) is 5.56 Å². The number of hydrogen-bond donors (Lipinski definition) is 2. The van der Waals surface area contributed by atoms with Gasteiger partial charge in [-0.15, -0.1) is 0 Å². The molecule has 2 aromatic rings. The van der Waals surface area contributed by atoms with E-state index >= 15 is 0 Å². The molecule has 10 heteroatoms. The number of carbonyl (C=O) groups is 1. The summed E-state index contributed by atoms with van der Waals surface area (Å²) < 4.78 is 25.3. The van der Waals surface area contributed by atoms with E-state index in [9.17, 15) is 22.8 Å². The first-order valence-electron chi connectivity index (χ1n) is 7.87. The van der Waals surface area contributed by atoms with E-state index in [2.05, 4.69) is 4.98 Å². The van der Waals surface area contributed by atoms with Crippen molar-refractivity contribution < 1.29 is 13.2 Å². The van der Waals surface area contributed by atoms with Gasteiger partial charge in [0.15, 0.2) is 9.84 Å². The standard InChI is InChI=1S/C16H16ClN3O5S/c17-12-4-2-1-3-10(12)13-5-6-20(7-8-26(13,24)25)15(22)11-9-18-16(23)19-14(11)21/h1-4,9,13H,5-8H2,(H2,18,19,21,23)/t13-/m1/s1. The molecule has 2 N–H and O–H groups in total. The molecule has 8 nitrogen and oxygen atoms in total. The second-order valence-corrected chi connectivity index (χ2v) is 8.65. The van der Waals surface area contributed by atoms with Crippen LogP contribution in [0.15, 0.2) is 40.1 Å². The number of sulfone groups is 1. The SMILES string of the molecule is O=C(c1c[nH]c(=O)[nH]c1=O)N1CC[C@H](c2ccccc2Cl)S(=O)(=O)CC1. The lowest BCUT2D eigenvalue weighted by atomic mass is 10.1. The highest BCUT2D eigenvalue weighted by Gasteiger charge is 2.34. The molecule has 0 bridgehead atoms. The molecular weight excluding hydrogens is 382 g/mol. The topological polar surface area (TPSA) is 120 Å². The first-order valence-corrected chi connectivity index (χ1v) is 9.96. The zero-order valence-corrected chi connectivity index (χ0v) is 15.1. The largest absolute Gasteiger partial charge is 0.337 e. The van der Waals surface area contributed by atoms with Crippen LogP contribution in [-0.2, 0) is 9.84 Å². The average Bonchev–Trinajstić information content (AvgIpc) is 2.73. The van der Waals surface area contributed by atoms with E-state index in [1.165, 1.54) is 4.90 Å². The number of nitrogens with zero attached hydrogens (tertiary/aromatic N) is 1. The number of hydrogen-bond acceptors (Lipinski definition) is 5. The van der Waals surface area contributed by atoms with Gasteiger partial charge in [-0.3, -0.25) is 14.6 Å². The predicted molar refractivity (Wildman–Crippen MR) is 96.2 cm³/mol. The number of rotatable bonds is 2. The first-order chi connectivity index (χ1) is 12.3. The van der Waals surface area contributed by atoms with Crippen LogP contribution < -0.4 is 11.2 Å². The highest BCUT2D eigenvalue weighted by atomic mass is 35.5. The minimum Gasteiger partial charge on any atom is -0.337 e. The Morgan fingerprint density at radius 2 is 1.92 bits per heavy atom. The van der Waals surface area contributed by atoms with Crippen molar-refractivity contribution in [1.82, 2.24) is 14.9 Å². The Hall–Kier alpha value is -2.39. The van der Waals surface area contributed by atoms with Crippen LogP contribution in [0.4, 0.5) is 0 Å². The van der Waals surface area contributed by atoms with Gasteiger partial charge in [-0.1, -0.05) is 29.8 Å². The Labute approximate surface area is 153 Å². The van der Waals surface area contributed by atoms with E-state index in [0.29, 0.717) is 10.6 Å². The maximum Gasteiger partial charge on any atom is 0.325 e. The second kappa shape index (κ2) is 7.08. The number of benzene rings is 1. The molecule has 1 amide bonds. The molecule has 1 atom stereocenters. The van der Waals surface area contributed by atoms with E-state index in [-0.39, 0.29) is 30.8 Å². The van der Waals surface area contributed by atoms with Gasteiger partial charge in [-0.05, 0) is 18.1 Å². The van der Waals surface area contributed by atoms with Crippen LogP contribution >= 0.6 is 11.6 Å². The molecular formula is C16H16ClN3O5S. The van der Waals surface area contributed by atoms with Crippen LogP contribution in [0.25, 0.3) is 0 Å². The summed E-state index contributed by atoms with van der Waals surface area (Å²) in [4.78, 5) is 41.0. The fraction of sp³-hybridized carbons (Fsp3) is 0.312. The van der Waals surface area contributed by atoms with Crippen LogP contribution in [0, 0.1) is 0 Å². The van der Waals surface area contributed by atoms with E-state index in [1.807, 2.05) is 4.98 Å². The average molecular weight is 398 g/mol. The minimum absolute atomic E-state index is 0.0410. The maximum absolute atomic E-state index is 12.7. The quantitative estimate of drug-likeness (QED) is 0.773. The number of aromatic nitrogens is 2. The van der Waals surface area contributed by atoms with Gasteiger partial charge in [-0.2, -0.15) is 0 Å². The summed E-state index contributed by atoms with van der Waals surface area (Å²) in [6.07, 6.45) is 1.20. The molecule has 26 heavy (non-hydrogen) atoms. The monoisotopic (exact) mass is 397 g/mol. The summed E-state index contributed by atoms with van der Waals surface area (Å²) >= 11 is 6.14. The van der Waals surface area contributed by atoms with Gasteiger partial charge in [0.05, 0.1) is 11.0 Å². The maximum atomic E-state index is 12.7. The van der Waals surface area contributed by atoms with Crippen LogP contribution in [0.1, 0.15) is 27.6 Å². The highest BCUT2D eigenvalue weighted by Crippen LogP contribution is 2.33. The summed E-state index contributed by atoms with van der Waals surface area (Å²) in [6, 6.07) is 6.71. The Kier molecular flexibility index (Phi) is 5.01. The normalized spacial score (nSPS) is 19.7. The third-order valence-corrected chi connectivity index (χ3v) is 6.78. The van der Waals surface area contributed by atoms with Gasteiger partial charge < -0.3 is 9.88 Å². The number of carbonyl (C=O) groups excluding carboxylic acids is 1. The molecule has 1 aliphatic rings. The Morgan fingerprint density at radius 1 is 1.19 bits per heavy atom. The number of nitrogens with one attached hydrogen (secondary N) is 2. The lowest BCUT2D eigenvalue weighted by Gasteiger charge is -2.19. The van der Waals surface area contributed by atoms with Gasteiger partial charge >= 0.3 is 5.69 Å². The van der Waals surface area contributed by atoms with E-state index in [1.54, 1.807) is 24.3 Å². The smallest absolute Gasteiger partial charge is 0.325 e. The third-order valence-electron chi connectivity index (χ3n) is 4.33. The number of halogens is 1. The zero-order chi connectivity index (χ0) is 18.9. The molecule has 1 aliphatic heterocycles. The molecule has 0 unspecified atom stereocenters. The summed E-state index contributed by atoms with van der Waals surface area (Å²) in [5.74, 6) is -0.867. The van der Waals surface area contributed by atoms with Crippen molar-refractivity contribution >= 4 is 27.3 Å². The fourth-order valence-corrected chi connectivity index (χ4v) is 5.12. The molecule has 3 rings (SSSR count). The van der Waals surface area contributed by atoms with Crippen molar-refractivity contribution in [1.29, 1.82) is 0 Å². The summed E-state index contributed by atoms with van der Waals surface area (Å²) in [5, 5.41) is -0.458. The van der Waals surface area contributed by atoms with Crippen LogP contribution in [-0.4, -0.2) is 48.0 Å². The molecule has 0 radical (unpaired) electrons. The predicted octanol–water partition coefficient (Wildman–Crippen LogP) is 0.719. The van der Waals surface area contributed by atoms with Crippen molar-refractivity contribution in [2.24, 2.45) is 0 Å². The van der Waals surface area contributed by atoms with Crippen LogP contribution in [0.2, 0.25) is 5.02 Å². The number of amides is 1. The van der Waals surface area contributed by atoms with E-state index in [4.69, 9.17) is 11.6 Å². The van der Waals surface area contributed by atoms with Crippen molar-refractivity contribution in [2.75, 3.05) is 18.8 Å². The lowest BCUT2D eigenvalue weighted by molar-refractivity contribution is 0.0764. The molecule has 138 valence electrons. The minimum atomic E-state index is -3.52. The Balaban J connectivity index is 1.89. The van der Waals surface area contributed by atoms with Gasteiger partial charge in [0, 0.05) is 24.3 Å². The summed E-state index contributed by atoms with van der Waals surface area (Å²) in [5.41, 5.74) is -1.26. The molecule has 1 fully saturated rings. The molecule has 1 aromatic heterocycles. The molecule has 0 spiro atoms. The molecule has 2 heterocycles. The number of aromatic amines is 2. The summed E-state index contributed by atoms with van der Waals surface area (Å²) in [7, 11) is -3.52. The van der Waals surface area contributed by atoms with Crippen molar-refractivity contribution in [3.8, 4) is 0 Å². The van der Waals surface area contributed by atoms with Gasteiger partial charge in [0.25, 0.3) is 11.5 Å². The molecule has 0 aliphatic carbocycles. The van der Waals surface area contributed by atoms with Gasteiger partial charge in [-0.25, -0.2) is 13.2 Å². The zero-order valence-electron chi connectivity index (χ0n) is 13.6. The lowest BCUT2D eigenvalue weighted by Crippen LogP contribution is -2.38. The third kappa shape index (κ3) is 3.58. The van der Waals surface area contributed by atoms with Crippen molar-refractivity contribution in [3.05, 3.63) is 67.4 Å². The highest BCUT2D eigenvalue weighted by molar-refractivity contribution is 7.91. The van der Waals surface area contributed by atoms with E-state index in [0.717, 1.165) is 6.20 Å². The molecule has 1 saturated heterocycles. The van der Waals surface area contributed by atoms with Crippen LogP contribution in [0.3, 0.4) is 0 Å². The van der Waals surface area contributed by atoms with Gasteiger partial charge in [0.2, 0.25) is 0 Å². The fourth-order valence-electron chi connectivity index (χ4n) is 2.97. The second-order valence-electron chi connectivity index (χ2n) is 5.94. The van der Waals surface area contributed by atoms with Crippen molar-refractivity contribution in [3.63, 3.8) is 0 Å². The van der Waals surface area contributed by atoms with E-state index < -0.39 is 32.2 Å². The Bertz CT molecular complexity index is 1060. The number of H-pyrrole nitrogens is 2. The molecule has 1 aromatic carbocycles. The molecule has 0 saturated carbocycles. The van der Waals surface area contributed by atoms with Crippen molar-refractivity contribution in [2.45, 2.75) is 11.7 Å².